The summed E-state index contributed by atoms with van der Waals surface area (Å²) in [7, 11) is -3.28. The van der Waals surface area contributed by atoms with E-state index in [-0.39, 0.29) is 0 Å². The SMILES string of the molecule is CC[Si](OCc1ccccc1)(O[SiH2]c1ccccc1)c1ccccc1. The first kappa shape index (κ1) is 17.8. The highest BCUT2D eigenvalue weighted by molar-refractivity contribution is 6.85. The maximum absolute atomic E-state index is 6.63. The Balaban J connectivity index is 1.81. The molecule has 0 amide bonds. The molecule has 0 aliphatic carbocycles. The van der Waals surface area contributed by atoms with Crippen LogP contribution < -0.4 is 10.4 Å². The van der Waals surface area contributed by atoms with E-state index in [1.165, 1.54) is 15.9 Å². The minimum atomic E-state index is -2.45. The Labute approximate surface area is 153 Å². The van der Waals surface area contributed by atoms with Gasteiger partial charge in [-0.1, -0.05) is 97.9 Å². The second kappa shape index (κ2) is 8.92. The van der Waals surface area contributed by atoms with Crippen molar-refractivity contribution in [2.45, 2.75) is 19.6 Å². The van der Waals surface area contributed by atoms with E-state index in [1.807, 2.05) is 18.2 Å². The molecule has 1 unspecified atom stereocenters. The van der Waals surface area contributed by atoms with Crippen LogP contribution in [0, 0.1) is 0 Å². The molecule has 3 aromatic rings. The van der Waals surface area contributed by atoms with Gasteiger partial charge >= 0.3 is 8.56 Å². The molecule has 2 nitrogen and oxygen atoms in total. The summed E-state index contributed by atoms with van der Waals surface area (Å²) < 4.78 is 13.2. The maximum atomic E-state index is 6.63. The van der Waals surface area contributed by atoms with Crippen LogP contribution in [0.5, 0.6) is 0 Å². The molecule has 0 fully saturated rings. The van der Waals surface area contributed by atoms with Crippen LogP contribution in [-0.4, -0.2) is 18.3 Å². The highest BCUT2D eigenvalue weighted by Crippen LogP contribution is 2.16. The lowest BCUT2D eigenvalue weighted by Gasteiger charge is -2.31. The lowest BCUT2D eigenvalue weighted by molar-refractivity contribution is 0.242. The van der Waals surface area contributed by atoms with Gasteiger partial charge in [-0.3, -0.25) is 0 Å². The van der Waals surface area contributed by atoms with Gasteiger partial charge in [0.2, 0.25) is 0 Å². The Morgan fingerprint density at radius 1 is 0.760 bits per heavy atom. The first-order valence-corrected chi connectivity index (χ1v) is 12.0. The molecule has 4 heteroatoms. The van der Waals surface area contributed by atoms with E-state index in [0.717, 1.165) is 6.04 Å². The Kier molecular flexibility index (Phi) is 6.36. The van der Waals surface area contributed by atoms with Crippen molar-refractivity contribution in [1.29, 1.82) is 0 Å². The van der Waals surface area contributed by atoms with Gasteiger partial charge in [-0.25, -0.2) is 0 Å². The largest absolute Gasteiger partial charge is 0.434 e. The minimum absolute atomic E-state index is 0.596. The van der Waals surface area contributed by atoms with Crippen molar-refractivity contribution in [2.24, 2.45) is 0 Å². The number of rotatable bonds is 8. The first-order valence-electron chi connectivity index (χ1n) is 8.74. The fraction of sp³-hybridized carbons (Fsp3) is 0.143. The quantitative estimate of drug-likeness (QED) is 0.572. The summed E-state index contributed by atoms with van der Waals surface area (Å²) in [4.78, 5) is 0. The lowest BCUT2D eigenvalue weighted by atomic mass is 10.2. The summed E-state index contributed by atoms with van der Waals surface area (Å²) in [6.07, 6.45) is 0. The molecule has 3 aromatic carbocycles. The summed E-state index contributed by atoms with van der Waals surface area (Å²) in [6, 6.07) is 32.3. The second-order valence-corrected chi connectivity index (χ2v) is 11.4. The predicted octanol–water partition coefficient (Wildman–Crippen LogP) is 3.00. The van der Waals surface area contributed by atoms with Gasteiger partial charge in [-0.2, -0.15) is 0 Å². The van der Waals surface area contributed by atoms with Gasteiger partial charge in [0.25, 0.3) is 0 Å². The van der Waals surface area contributed by atoms with Gasteiger partial charge in [0.1, 0.15) is 0 Å². The Bertz CT molecular complexity index is 705. The van der Waals surface area contributed by atoms with E-state index >= 15 is 0 Å². The van der Waals surface area contributed by atoms with Crippen molar-refractivity contribution >= 4 is 28.7 Å². The molecule has 0 N–H and O–H groups in total. The summed E-state index contributed by atoms with van der Waals surface area (Å²) in [5.41, 5.74) is 1.19. The third kappa shape index (κ3) is 4.77. The van der Waals surface area contributed by atoms with Crippen molar-refractivity contribution in [3.8, 4) is 0 Å². The van der Waals surface area contributed by atoms with E-state index in [9.17, 15) is 0 Å². The van der Waals surface area contributed by atoms with E-state index in [2.05, 4.69) is 79.7 Å². The van der Waals surface area contributed by atoms with Crippen LogP contribution in [0.25, 0.3) is 0 Å². The Hall–Kier alpha value is -1.99. The first-order chi connectivity index (χ1) is 12.3. The maximum Gasteiger partial charge on any atom is 0.362 e. The van der Waals surface area contributed by atoms with E-state index in [4.69, 9.17) is 8.54 Å². The number of hydrogen-bond acceptors (Lipinski definition) is 2. The molecule has 1 atom stereocenters. The highest BCUT2D eigenvalue weighted by Gasteiger charge is 2.37. The molecular weight excluding hydrogens is 340 g/mol. The monoisotopic (exact) mass is 364 g/mol. The topological polar surface area (TPSA) is 18.5 Å². The fourth-order valence-corrected chi connectivity index (χ4v) is 8.62. The zero-order chi connectivity index (χ0) is 17.4. The van der Waals surface area contributed by atoms with Gasteiger partial charge in [-0.05, 0) is 22.0 Å². The zero-order valence-corrected chi connectivity index (χ0v) is 17.0. The molecule has 0 aliphatic rings. The van der Waals surface area contributed by atoms with Gasteiger partial charge in [0.05, 0.1) is 6.61 Å². The van der Waals surface area contributed by atoms with Crippen LogP contribution in [0.15, 0.2) is 91.0 Å². The van der Waals surface area contributed by atoms with E-state index in [1.54, 1.807) is 0 Å². The third-order valence-corrected chi connectivity index (χ3v) is 10.3. The molecule has 0 saturated carbocycles. The molecule has 3 rings (SSSR count). The molecule has 0 aromatic heterocycles. The van der Waals surface area contributed by atoms with Crippen LogP contribution in [-0.2, 0) is 15.1 Å². The van der Waals surface area contributed by atoms with Crippen molar-refractivity contribution in [3.63, 3.8) is 0 Å². The summed E-state index contributed by atoms with van der Waals surface area (Å²) >= 11 is 0. The van der Waals surface area contributed by atoms with Crippen LogP contribution in [0.4, 0.5) is 0 Å². The van der Waals surface area contributed by atoms with Gasteiger partial charge in [0, 0.05) is 0 Å². The van der Waals surface area contributed by atoms with Crippen LogP contribution in [0.3, 0.4) is 0 Å². The highest BCUT2D eigenvalue weighted by atomic mass is 28.4. The van der Waals surface area contributed by atoms with Crippen LogP contribution in [0.2, 0.25) is 6.04 Å². The molecule has 0 aliphatic heterocycles. The van der Waals surface area contributed by atoms with E-state index in [0.29, 0.717) is 6.61 Å². The molecule has 128 valence electrons. The lowest BCUT2D eigenvalue weighted by Crippen LogP contribution is -2.55. The molecule has 0 radical (unpaired) electrons. The zero-order valence-electron chi connectivity index (χ0n) is 14.6. The predicted molar refractivity (Wildman–Crippen MR) is 109 cm³/mol. The summed E-state index contributed by atoms with van der Waals surface area (Å²) in [6.45, 7) is 2.78. The standard InChI is InChI=1S/C21H24O2Si2/c1-2-25(21-16-10-5-11-17-21,22-18-19-12-6-3-7-13-19)23-24-20-14-8-4-9-15-20/h3-17H,2,18,24H2,1H3. The van der Waals surface area contributed by atoms with E-state index < -0.39 is 18.3 Å². The van der Waals surface area contributed by atoms with Gasteiger partial charge in [-0.15, -0.1) is 0 Å². The average Bonchev–Trinajstić information content (AvgIpc) is 2.71. The Morgan fingerprint density at radius 3 is 1.92 bits per heavy atom. The third-order valence-electron chi connectivity index (χ3n) is 4.31. The van der Waals surface area contributed by atoms with Crippen LogP contribution >= 0.6 is 0 Å². The molecule has 0 heterocycles. The second-order valence-electron chi connectivity index (χ2n) is 6.02. The molecule has 0 bridgehead atoms. The number of hydrogen-bond donors (Lipinski definition) is 0. The van der Waals surface area contributed by atoms with Crippen molar-refractivity contribution < 1.29 is 8.54 Å². The average molecular weight is 365 g/mol. The smallest absolute Gasteiger partial charge is 0.362 e. The molecular formula is C21H24O2Si2. The van der Waals surface area contributed by atoms with Crippen molar-refractivity contribution in [3.05, 3.63) is 96.6 Å². The van der Waals surface area contributed by atoms with Crippen molar-refractivity contribution in [2.75, 3.05) is 0 Å². The minimum Gasteiger partial charge on any atom is -0.434 e. The van der Waals surface area contributed by atoms with Gasteiger partial charge < -0.3 is 8.54 Å². The molecule has 0 saturated heterocycles. The van der Waals surface area contributed by atoms with Crippen LogP contribution in [0.1, 0.15) is 12.5 Å². The fourth-order valence-electron chi connectivity index (χ4n) is 2.86. The normalized spacial score (nSPS) is 13.8. The van der Waals surface area contributed by atoms with Gasteiger partial charge in [0.15, 0.2) is 9.76 Å². The summed E-state index contributed by atoms with van der Waals surface area (Å²) in [5, 5.41) is 2.53. The van der Waals surface area contributed by atoms with Crippen molar-refractivity contribution in [1.82, 2.24) is 0 Å². The molecule has 25 heavy (non-hydrogen) atoms. The summed E-state index contributed by atoms with van der Waals surface area (Å²) in [5.74, 6) is 0. The molecule has 0 spiro atoms. The Morgan fingerprint density at radius 2 is 1.32 bits per heavy atom. The number of benzene rings is 3.